The van der Waals surface area contributed by atoms with Crippen LogP contribution in [0.3, 0.4) is 0 Å². The monoisotopic (exact) mass is 230 g/mol. The van der Waals surface area contributed by atoms with Crippen molar-refractivity contribution >= 4 is 10.9 Å². The fourth-order valence-electron chi connectivity index (χ4n) is 2.84. The second-order valence-electron chi connectivity index (χ2n) is 4.92. The molecule has 0 aliphatic carbocycles. The predicted octanol–water partition coefficient (Wildman–Crippen LogP) is 2.48. The number of phenolic OH excluding ortho intramolecular Hbond substituents is 1. The van der Waals surface area contributed by atoms with Crippen LogP contribution in [0.1, 0.15) is 18.4 Å². The number of hydrogen-bond acceptors (Lipinski definition) is 2. The molecule has 2 aromatic rings. The molecule has 1 aliphatic rings. The minimum absolute atomic E-state index is 0.373. The first-order chi connectivity index (χ1) is 8.25. The van der Waals surface area contributed by atoms with E-state index in [4.69, 9.17) is 0 Å². The SMILES string of the molecule is Cn1cc(CN2CCCC2)c2cccc(O)c21. The lowest BCUT2D eigenvalue weighted by atomic mass is 10.1. The molecule has 1 aliphatic heterocycles. The Balaban J connectivity index is 2.01. The smallest absolute Gasteiger partial charge is 0.139 e. The minimum Gasteiger partial charge on any atom is -0.506 e. The largest absolute Gasteiger partial charge is 0.506 e. The van der Waals surface area contributed by atoms with Crippen molar-refractivity contribution in [1.29, 1.82) is 0 Å². The molecule has 2 heterocycles. The lowest BCUT2D eigenvalue weighted by Crippen LogP contribution is -2.18. The van der Waals surface area contributed by atoms with Crippen molar-refractivity contribution in [2.45, 2.75) is 19.4 Å². The molecule has 3 nitrogen and oxygen atoms in total. The van der Waals surface area contributed by atoms with Gasteiger partial charge in [0.05, 0.1) is 5.52 Å². The van der Waals surface area contributed by atoms with Crippen LogP contribution < -0.4 is 0 Å². The van der Waals surface area contributed by atoms with Gasteiger partial charge in [0.15, 0.2) is 0 Å². The highest BCUT2D eigenvalue weighted by molar-refractivity contribution is 5.88. The van der Waals surface area contributed by atoms with Crippen molar-refractivity contribution in [3.8, 4) is 5.75 Å². The third-order valence-electron chi connectivity index (χ3n) is 3.66. The molecule has 1 aromatic carbocycles. The van der Waals surface area contributed by atoms with E-state index in [9.17, 15) is 5.11 Å². The van der Waals surface area contributed by atoms with E-state index < -0.39 is 0 Å². The molecule has 17 heavy (non-hydrogen) atoms. The van der Waals surface area contributed by atoms with E-state index in [-0.39, 0.29) is 0 Å². The topological polar surface area (TPSA) is 28.4 Å². The van der Waals surface area contributed by atoms with Gasteiger partial charge in [0, 0.05) is 25.2 Å². The number of aromatic hydroxyl groups is 1. The molecule has 1 aromatic heterocycles. The first kappa shape index (κ1) is 10.7. The lowest BCUT2D eigenvalue weighted by molar-refractivity contribution is 0.332. The highest BCUT2D eigenvalue weighted by Gasteiger charge is 2.15. The number of hydrogen-bond donors (Lipinski definition) is 1. The number of fused-ring (bicyclic) bond motifs is 1. The molecule has 1 fully saturated rings. The first-order valence-electron chi connectivity index (χ1n) is 6.24. The van der Waals surface area contributed by atoms with Gasteiger partial charge in [0.2, 0.25) is 0 Å². The second-order valence-corrected chi connectivity index (χ2v) is 4.92. The summed E-state index contributed by atoms with van der Waals surface area (Å²) < 4.78 is 2.02. The highest BCUT2D eigenvalue weighted by atomic mass is 16.3. The van der Waals surface area contributed by atoms with Crippen LogP contribution >= 0.6 is 0 Å². The summed E-state index contributed by atoms with van der Waals surface area (Å²) in [5, 5.41) is 11.1. The number of rotatable bonds is 2. The zero-order valence-corrected chi connectivity index (χ0v) is 10.2. The summed E-state index contributed by atoms with van der Waals surface area (Å²) >= 11 is 0. The van der Waals surface area contributed by atoms with Crippen molar-refractivity contribution in [3.05, 3.63) is 30.0 Å². The molecular weight excluding hydrogens is 212 g/mol. The van der Waals surface area contributed by atoms with Crippen LogP contribution in [-0.4, -0.2) is 27.7 Å². The van der Waals surface area contributed by atoms with Crippen molar-refractivity contribution in [2.24, 2.45) is 7.05 Å². The average Bonchev–Trinajstić information content (AvgIpc) is 2.90. The maximum Gasteiger partial charge on any atom is 0.139 e. The Morgan fingerprint density at radius 2 is 2.00 bits per heavy atom. The predicted molar refractivity (Wildman–Crippen MR) is 69.1 cm³/mol. The number of likely N-dealkylation sites (tertiary alicyclic amines) is 1. The zero-order valence-electron chi connectivity index (χ0n) is 10.2. The fraction of sp³-hybridized carbons (Fsp3) is 0.429. The van der Waals surface area contributed by atoms with Crippen LogP contribution in [0.25, 0.3) is 10.9 Å². The Morgan fingerprint density at radius 1 is 1.24 bits per heavy atom. The van der Waals surface area contributed by atoms with Crippen LogP contribution in [0.15, 0.2) is 24.4 Å². The highest BCUT2D eigenvalue weighted by Crippen LogP contribution is 2.29. The van der Waals surface area contributed by atoms with Gasteiger partial charge in [0.1, 0.15) is 5.75 Å². The molecule has 0 bridgehead atoms. The van der Waals surface area contributed by atoms with E-state index in [2.05, 4.69) is 17.2 Å². The zero-order chi connectivity index (χ0) is 11.8. The summed E-state index contributed by atoms with van der Waals surface area (Å²) in [6, 6.07) is 5.77. The normalized spacial score (nSPS) is 17.0. The Kier molecular flexibility index (Phi) is 2.56. The van der Waals surface area contributed by atoms with Gasteiger partial charge in [-0.15, -0.1) is 0 Å². The van der Waals surface area contributed by atoms with Gasteiger partial charge >= 0.3 is 0 Å². The van der Waals surface area contributed by atoms with Gasteiger partial charge in [-0.1, -0.05) is 12.1 Å². The summed E-state index contributed by atoms with van der Waals surface area (Å²) in [6.45, 7) is 3.41. The summed E-state index contributed by atoms with van der Waals surface area (Å²) in [5.41, 5.74) is 2.27. The quantitative estimate of drug-likeness (QED) is 0.858. The maximum absolute atomic E-state index is 9.89. The van der Waals surface area contributed by atoms with E-state index in [1.807, 2.05) is 17.7 Å². The molecule has 3 heteroatoms. The van der Waals surface area contributed by atoms with Gasteiger partial charge in [-0.3, -0.25) is 4.90 Å². The first-order valence-corrected chi connectivity index (χ1v) is 6.24. The molecular formula is C14H18N2O. The van der Waals surface area contributed by atoms with E-state index >= 15 is 0 Å². The molecule has 0 spiro atoms. The van der Waals surface area contributed by atoms with Crippen LogP contribution in [0.2, 0.25) is 0 Å². The van der Waals surface area contributed by atoms with E-state index in [0.29, 0.717) is 5.75 Å². The van der Waals surface area contributed by atoms with Crippen molar-refractivity contribution in [1.82, 2.24) is 9.47 Å². The Labute approximate surface area is 101 Å². The number of aromatic nitrogens is 1. The van der Waals surface area contributed by atoms with Gasteiger partial charge in [-0.25, -0.2) is 0 Å². The van der Waals surface area contributed by atoms with E-state index in [1.54, 1.807) is 6.07 Å². The summed E-state index contributed by atoms with van der Waals surface area (Å²) in [4.78, 5) is 2.48. The molecule has 3 rings (SSSR count). The second kappa shape index (κ2) is 4.08. The molecule has 1 saturated heterocycles. The molecule has 0 radical (unpaired) electrons. The van der Waals surface area contributed by atoms with Crippen molar-refractivity contribution in [3.63, 3.8) is 0 Å². The van der Waals surface area contributed by atoms with Crippen molar-refractivity contribution < 1.29 is 5.11 Å². The number of benzene rings is 1. The molecule has 0 unspecified atom stereocenters. The summed E-state index contributed by atoms with van der Waals surface area (Å²) in [6.07, 6.45) is 4.77. The fourth-order valence-corrected chi connectivity index (χ4v) is 2.84. The standard InChI is InChI=1S/C14H18N2O/c1-15-9-11(10-16-7-2-3-8-16)12-5-4-6-13(17)14(12)15/h4-6,9,17H,2-3,7-8,10H2,1H3. The van der Waals surface area contributed by atoms with Gasteiger partial charge in [0.25, 0.3) is 0 Å². The Hall–Kier alpha value is -1.48. The van der Waals surface area contributed by atoms with Crippen LogP contribution in [0.5, 0.6) is 5.75 Å². The maximum atomic E-state index is 9.89. The third kappa shape index (κ3) is 1.80. The third-order valence-corrected chi connectivity index (χ3v) is 3.66. The van der Waals surface area contributed by atoms with Crippen LogP contribution in [0.4, 0.5) is 0 Å². The Bertz CT molecular complexity index is 538. The van der Waals surface area contributed by atoms with Crippen LogP contribution in [0, 0.1) is 0 Å². The van der Waals surface area contributed by atoms with Gasteiger partial charge in [-0.2, -0.15) is 0 Å². The number of phenols is 1. The van der Waals surface area contributed by atoms with Crippen molar-refractivity contribution in [2.75, 3.05) is 13.1 Å². The van der Waals surface area contributed by atoms with E-state index in [0.717, 1.165) is 12.1 Å². The summed E-state index contributed by atoms with van der Waals surface area (Å²) in [7, 11) is 2.00. The van der Waals surface area contributed by atoms with Gasteiger partial charge < -0.3 is 9.67 Å². The minimum atomic E-state index is 0.373. The molecule has 90 valence electrons. The molecule has 0 saturated carbocycles. The molecule has 0 atom stereocenters. The number of nitrogens with zero attached hydrogens (tertiary/aromatic N) is 2. The summed E-state index contributed by atoms with van der Waals surface area (Å²) in [5.74, 6) is 0.373. The Morgan fingerprint density at radius 3 is 2.76 bits per heavy atom. The number of aryl methyl sites for hydroxylation is 1. The number of para-hydroxylation sites is 1. The van der Waals surface area contributed by atoms with Gasteiger partial charge in [-0.05, 0) is 37.6 Å². The average molecular weight is 230 g/mol. The van der Waals surface area contributed by atoms with E-state index in [1.165, 1.54) is 36.9 Å². The molecule has 1 N–H and O–H groups in total. The lowest BCUT2D eigenvalue weighted by Gasteiger charge is -2.13. The van der Waals surface area contributed by atoms with Crippen LogP contribution in [-0.2, 0) is 13.6 Å². The molecule has 0 amide bonds.